The van der Waals surface area contributed by atoms with Crippen LogP contribution in [0.3, 0.4) is 0 Å². The molecule has 13 heavy (non-hydrogen) atoms. The number of rotatable bonds is 1. The molecule has 1 saturated carbocycles. The Morgan fingerprint density at radius 3 is 2.38 bits per heavy atom. The number of aliphatic hydroxyl groups is 1. The van der Waals surface area contributed by atoms with Crippen LogP contribution in [0.2, 0.25) is 0 Å². The van der Waals surface area contributed by atoms with E-state index in [-0.39, 0.29) is 5.60 Å². The van der Waals surface area contributed by atoms with E-state index in [0.29, 0.717) is 12.0 Å². The van der Waals surface area contributed by atoms with Crippen molar-refractivity contribution in [3.8, 4) is 0 Å². The van der Waals surface area contributed by atoms with Gasteiger partial charge in [-0.3, -0.25) is 0 Å². The molecule has 1 saturated heterocycles. The molecule has 2 nitrogen and oxygen atoms in total. The maximum atomic E-state index is 10.5. The number of hydrogen-bond donors (Lipinski definition) is 1. The molecular weight excluding hydrogens is 162 g/mol. The van der Waals surface area contributed by atoms with Crippen molar-refractivity contribution in [2.24, 2.45) is 5.92 Å². The summed E-state index contributed by atoms with van der Waals surface area (Å²) in [5.74, 6) is 0.583. The van der Waals surface area contributed by atoms with E-state index in [9.17, 15) is 5.11 Å². The minimum absolute atomic E-state index is 0.356. The van der Waals surface area contributed by atoms with Crippen molar-refractivity contribution in [2.75, 3.05) is 13.6 Å². The summed E-state index contributed by atoms with van der Waals surface area (Å²) < 4.78 is 0. The first-order valence-electron chi connectivity index (χ1n) is 5.54. The minimum atomic E-state index is -0.356. The Morgan fingerprint density at radius 2 is 1.92 bits per heavy atom. The van der Waals surface area contributed by atoms with Gasteiger partial charge in [0.05, 0.1) is 5.60 Å². The first kappa shape index (κ1) is 9.47. The van der Waals surface area contributed by atoms with Crippen LogP contribution in [0, 0.1) is 5.92 Å². The third-order valence-corrected chi connectivity index (χ3v) is 4.04. The molecule has 0 spiro atoms. The molecule has 0 aromatic carbocycles. The highest BCUT2D eigenvalue weighted by Crippen LogP contribution is 2.40. The highest BCUT2D eigenvalue weighted by Gasteiger charge is 2.45. The molecule has 2 fully saturated rings. The van der Waals surface area contributed by atoms with Crippen molar-refractivity contribution in [3.05, 3.63) is 0 Å². The Balaban J connectivity index is 2.04. The topological polar surface area (TPSA) is 23.5 Å². The van der Waals surface area contributed by atoms with Gasteiger partial charge >= 0.3 is 0 Å². The quantitative estimate of drug-likeness (QED) is 0.668. The van der Waals surface area contributed by atoms with Gasteiger partial charge in [0.2, 0.25) is 0 Å². The van der Waals surface area contributed by atoms with Crippen LogP contribution >= 0.6 is 0 Å². The van der Waals surface area contributed by atoms with Gasteiger partial charge in [-0.1, -0.05) is 12.8 Å². The van der Waals surface area contributed by atoms with Gasteiger partial charge in [-0.25, -0.2) is 0 Å². The Morgan fingerprint density at radius 1 is 1.31 bits per heavy atom. The van der Waals surface area contributed by atoms with Crippen molar-refractivity contribution in [1.29, 1.82) is 0 Å². The fourth-order valence-corrected chi connectivity index (χ4v) is 3.08. The summed E-state index contributed by atoms with van der Waals surface area (Å²) in [6, 6.07) is 0.561. The molecule has 0 amide bonds. The van der Waals surface area contributed by atoms with E-state index in [4.69, 9.17) is 0 Å². The van der Waals surface area contributed by atoms with E-state index < -0.39 is 0 Å². The fourth-order valence-electron chi connectivity index (χ4n) is 3.08. The summed E-state index contributed by atoms with van der Waals surface area (Å²) in [4.78, 5) is 2.29. The van der Waals surface area contributed by atoms with Crippen LogP contribution in [0.4, 0.5) is 0 Å². The Hall–Kier alpha value is -0.0800. The van der Waals surface area contributed by atoms with Crippen LogP contribution in [-0.2, 0) is 0 Å². The molecule has 2 aliphatic rings. The number of nitrogens with zero attached hydrogens (tertiary/aromatic N) is 1. The molecule has 0 bridgehead atoms. The maximum absolute atomic E-state index is 10.5. The molecule has 1 heterocycles. The SMILES string of the molecule is CC1CC(O)(C2CCCC2)CN1C. The molecule has 0 radical (unpaired) electrons. The molecule has 2 heteroatoms. The van der Waals surface area contributed by atoms with Crippen LogP contribution in [0.15, 0.2) is 0 Å². The highest BCUT2D eigenvalue weighted by molar-refractivity contribution is 4.99. The first-order valence-corrected chi connectivity index (χ1v) is 5.54. The van der Waals surface area contributed by atoms with Crippen molar-refractivity contribution in [2.45, 2.75) is 50.7 Å². The van der Waals surface area contributed by atoms with E-state index in [1.54, 1.807) is 0 Å². The lowest BCUT2D eigenvalue weighted by Gasteiger charge is -2.29. The van der Waals surface area contributed by atoms with Crippen molar-refractivity contribution >= 4 is 0 Å². The molecule has 1 N–H and O–H groups in total. The fraction of sp³-hybridized carbons (Fsp3) is 1.00. The molecule has 0 aromatic heterocycles. The predicted octanol–water partition coefficient (Wildman–Crippen LogP) is 1.63. The van der Waals surface area contributed by atoms with Gasteiger partial charge in [0.25, 0.3) is 0 Å². The van der Waals surface area contributed by atoms with E-state index in [1.807, 2.05) is 0 Å². The minimum Gasteiger partial charge on any atom is -0.388 e. The number of β-amino-alcohol motifs (C(OH)–C–C–N with tert-alkyl or cyclic N) is 1. The van der Waals surface area contributed by atoms with Gasteiger partial charge in [-0.15, -0.1) is 0 Å². The number of hydrogen-bond acceptors (Lipinski definition) is 2. The lowest BCUT2D eigenvalue weighted by molar-refractivity contribution is -0.00513. The summed E-state index contributed by atoms with van der Waals surface area (Å²) in [5.41, 5.74) is -0.356. The molecule has 76 valence electrons. The Kier molecular flexibility index (Phi) is 2.37. The van der Waals surface area contributed by atoms with Gasteiger partial charge < -0.3 is 10.0 Å². The molecule has 2 atom stereocenters. The third-order valence-electron chi connectivity index (χ3n) is 4.04. The smallest absolute Gasteiger partial charge is 0.0816 e. The van der Waals surface area contributed by atoms with Crippen molar-refractivity contribution in [1.82, 2.24) is 4.90 Å². The van der Waals surface area contributed by atoms with Gasteiger partial charge in [0.1, 0.15) is 0 Å². The molecular formula is C11H21NO. The average molecular weight is 183 g/mol. The molecule has 0 aromatic rings. The lowest BCUT2D eigenvalue weighted by Crippen LogP contribution is -2.38. The zero-order valence-corrected chi connectivity index (χ0v) is 8.79. The van der Waals surface area contributed by atoms with Crippen LogP contribution < -0.4 is 0 Å². The summed E-state index contributed by atoms with van der Waals surface area (Å²) >= 11 is 0. The van der Waals surface area contributed by atoms with E-state index in [0.717, 1.165) is 13.0 Å². The summed E-state index contributed by atoms with van der Waals surface area (Å²) in [5, 5.41) is 10.5. The standard InChI is InChI=1S/C11H21NO/c1-9-7-11(13,8-12(9)2)10-5-3-4-6-10/h9-10,13H,3-8H2,1-2H3. The van der Waals surface area contributed by atoms with Gasteiger partial charge in [0.15, 0.2) is 0 Å². The molecule has 2 rings (SSSR count). The predicted molar refractivity (Wildman–Crippen MR) is 53.6 cm³/mol. The van der Waals surface area contributed by atoms with Crippen LogP contribution in [0.5, 0.6) is 0 Å². The van der Waals surface area contributed by atoms with Crippen molar-refractivity contribution < 1.29 is 5.11 Å². The number of likely N-dealkylation sites (N-methyl/N-ethyl adjacent to an activating group) is 1. The zero-order chi connectivity index (χ0) is 9.47. The van der Waals surface area contributed by atoms with Gasteiger partial charge in [-0.2, -0.15) is 0 Å². The lowest BCUT2D eigenvalue weighted by atomic mass is 9.84. The first-order chi connectivity index (χ1) is 6.12. The Labute approximate surface area is 80.9 Å². The van der Waals surface area contributed by atoms with Crippen molar-refractivity contribution in [3.63, 3.8) is 0 Å². The third kappa shape index (κ3) is 1.62. The average Bonchev–Trinajstić information content (AvgIpc) is 2.61. The Bertz CT molecular complexity index is 177. The van der Waals surface area contributed by atoms with Crippen LogP contribution in [0.1, 0.15) is 39.0 Å². The second-order valence-electron chi connectivity index (χ2n) is 5.05. The van der Waals surface area contributed by atoms with Gasteiger partial charge in [0, 0.05) is 12.6 Å². The second kappa shape index (κ2) is 3.25. The highest BCUT2D eigenvalue weighted by atomic mass is 16.3. The van der Waals surface area contributed by atoms with Gasteiger partial charge in [-0.05, 0) is 39.2 Å². The normalized spacial score (nSPS) is 43.2. The van der Waals surface area contributed by atoms with E-state index in [1.165, 1.54) is 25.7 Å². The molecule has 1 aliphatic carbocycles. The monoisotopic (exact) mass is 183 g/mol. The maximum Gasteiger partial charge on any atom is 0.0816 e. The van der Waals surface area contributed by atoms with Crippen LogP contribution in [-0.4, -0.2) is 35.2 Å². The summed E-state index contributed by atoms with van der Waals surface area (Å²) in [6.07, 6.45) is 6.12. The second-order valence-corrected chi connectivity index (χ2v) is 5.05. The number of likely N-dealkylation sites (tertiary alicyclic amines) is 1. The molecule has 2 unspecified atom stereocenters. The summed E-state index contributed by atoms with van der Waals surface area (Å²) in [7, 11) is 2.12. The molecule has 1 aliphatic heterocycles. The largest absolute Gasteiger partial charge is 0.388 e. The van der Waals surface area contributed by atoms with E-state index in [2.05, 4.69) is 18.9 Å². The van der Waals surface area contributed by atoms with E-state index >= 15 is 0 Å². The summed E-state index contributed by atoms with van der Waals surface area (Å²) in [6.45, 7) is 3.10. The zero-order valence-electron chi connectivity index (χ0n) is 8.79. The van der Waals surface area contributed by atoms with Crippen LogP contribution in [0.25, 0.3) is 0 Å².